The van der Waals surface area contributed by atoms with Crippen molar-refractivity contribution in [2.75, 3.05) is 5.32 Å². The van der Waals surface area contributed by atoms with E-state index in [4.69, 9.17) is 4.74 Å². The van der Waals surface area contributed by atoms with Gasteiger partial charge in [-0.1, -0.05) is 12.1 Å². The number of ether oxygens (including phenoxy) is 1. The highest BCUT2D eigenvalue weighted by Crippen LogP contribution is 2.34. The SMILES string of the molecule is Cc1cc(C(=O)NCc2ccc(OC(F)(I)I)c(C)c2)nc(NC(=O)C2CC2)n1. The molecule has 0 radical (unpaired) electrons. The van der Waals surface area contributed by atoms with Crippen LogP contribution in [0.1, 0.15) is 40.2 Å². The lowest BCUT2D eigenvalue weighted by Crippen LogP contribution is -2.25. The lowest BCUT2D eigenvalue weighted by molar-refractivity contribution is -0.117. The summed E-state index contributed by atoms with van der Waals surface area (Å²) in [5.74, 6) is 0.104. The van der Waals surface area contributed by atoms with Gasteiger partial charge < -0.3 is 10.1 Å². The largest absolute Gasteiger partial charge is 0.442 e. The average Bonchev–Trinajstić information content (AvgIpc) is 3.45. The summed E-state index contributed by atoms with van der Waals surface area (Å²) in [6.07, 6.45) is 1.74. The van der Waals surface area contributed by atoms with Crippen molar-refractivity contribution in [2.24, 2.45) is 5.92 Å². The Morgan fingerprint density at radius 3 is 2.59 bits per heavy atom. The summed E-state index contributed by atoms with van der Waals surface area (Å²) >= 11 is 3.12. The molecule has 2 amide bonds. The minimum atomic E-state index is -1.83. The van der Waals surface area contributed by atoms with E-state index in [1.165, 1.54) is 0 Å². The zero-order chi connectivity index (χ0) is 21.2. The van der Waals surface area contributed by atoms with Crippen LogP contribution in [0.4, 0.5) is 10.3 Å². The third kappa shape index (κ3) is 6.73. The molecule has 29 heavy (non-hydrogen) atoms. The summed E-state index contributed by atoms with van der Waals surface area (Å²) in [6.45, 7) is 3.81. The van der Waals surface area contributed by atoms with Gasteiger partial charge in [-0.25, -0.2) is 9.97 Å². The monoisotopic (exact) mass is 624 g/mol. The summed E-state index contributed by atoms with van der Waals surface area (Å²) in [7, 11) is 0. The molecule has 0 atom stereocenters. The summed E-state index contributed by atoms with van der Waals surface area (Å²) < 4.78 is 17.0. The minimum absolute atomic E-state index is 0.0218. The smallest absolute Gasteiger partial charge is 0.350 e. The van der Waals surface area contributed by atoms with Gasteiger partial charge in [-0.3, -0.25) is 14.9 Å². The van der Waals surface area contributed by atoms with Crippen LogP contribution in [0, 0.1) is 19.8 Å². The third-order valence-corrected chi connectivity index (χ3v) is 4.63. The maximum Gasteiger partial charge on any atom is 0.350 e. The Bertz CT molecular complexity index is 946. The van der Waals surface area contributed by atoms with Crippen molar-refractivity contribution in [1.29, 1.82) is 0 Å². The van der Waals surface area contributed by atoms with Gasteiger partial charge in [0.2, 0.25) is 11.9 Å². The maximum absolute atomic E-state index is 13.6. The van der Waals surface area contributed by atoms with E-state index < -0.39 is 1.87 Å². The Kier molecular flexibility index (Phi) is 6.91. The molecule has 0 aliphatic heterocycles. The van der Waals surface area contributed by atoms with Gasteiger partial charge in [0.25, 0.3) is 5.91 Å². The molecule has 1 aromatic heterocycles. The topological polar surface area (TPSA) is 93.2 Å². The summed E-state index contributed by atoms with van der Waals surface area (Å²) in [6, 6.07) is 6.81. The Hall–Kier alpha value is -1.57. The molecule has 0 spiro atoms. The number of hydrogen-bond acceptors (Lipinski definition) is 5. The fourth-order valence-electron chi connectivity index (χ4n) is 2.63. The van der Waals surface area contributed by atoms with Crippen molar-refractivity contribution in [2.45, 2.75) is 35.1 Å². The van der Waals surface area contributed by atoms with E-state index in [1.54, 1.807) is 70.3 Å². The zero-order valence-electron chi connectivity index (χ0n) is 15.8. The number of benzene rings is 1. The van der Waals surface area contributed by atoms with Crippen LogP contribution in [0.2, 0.25) is 0 Å². The molecule has 1 aliphatic rings. The van der Waals surface area contributed by atoms with Gasteiger partial charge in [0.05, 0.1) is 0 Å². The number of alkyl halides is 3. The predicted molar refractivity (Wildman–Crippen MR) is 123 cm³/mol. The number of aryl methyl sites for hydroxylation is 2. The van der Waals surface area contributed by atoms with E-state index in [0.29, 0.717) is 11.4 Å². The number of halogens is 3. The highest BCUT2D eigenvalue weighted by atomic mass is 127. The third-order valence-electron chi connectivity index (χ3n) is 4.19. The fraction of sp³-hybridized carbons (Fsp3) is 0.368. The molecule has 0 saturated heterocycles. The second-order valence-electron chi connectivity index (χ2n) is 6.81. The van der Waals surface area contributed by atoms with Gasteiger partial charge >= 0.3 is 1.87 Å². The van der Waals surface area contributed by atoms with E-state index in [1.807, 2.05) is 13.0 Å². The van der Waals surface area contributed by atoms with Crippen molar-refractivity contribution in [3.05, 3.63) is 46.8 Å². The predicted octanol–water partition coefficient (Wildman–Crippen LogP) is 4.20. The quantitative estimate of drug-likeness (QED) is 0.356. The van der Waals surface area contributed by atoms with Crippen LogP contribution in [0.3, 0.4) is 0 Å². The number of hydrogen-bond donors (Lipinski definition) is 2. The van der Waals surface area contributed by atoms with Crippen LogP contribution < -0.4 is 15.4 Å². The maximum atomic E-state index is 13.6. The van der Waals surface area contributed by atoms with E-state index in [0.717, 1.165) is 24.0 Å². The highest BCUT2D eigenvalue weighted by molar-refractivity contribution is 14.2. The highest BCUT2D eigenvalue weighted by Gasteiger charge is 2.30. The molecule has 1 aromatic carbocycles. The molecule has 7 nitrogen and oxygen atoms in total. The molecule has 1 fully saturated rings. The van der Waals surface area contributed by atoms with E-state index in [9.17, 15) is 14.0 Å². The van der Waals surface area contributed by atoms with Crippen molar-refractivity contribution >= 4 is 62.9 Å². The van der Waals surface area contributed by atoms with Crippen molar-refractivity contribution in [3.63, 3.8) is 0 Å². The number of nitrogens with one attached hydrogen (secondary N) is 2. The summed E-state index contributed by atoms with van der Waals surface area (Å²) in [5, 5.41) is 5.45. The Morgan fingerprint density at radius 1 is 1.24 bits per heavy atom. The summed E-state index contributed by atoms with van der Waals surface area (Å²) in [4.78, 5) is 32.7. The van der Waals surface area contributed by atoms with Crippen LogP contribution in [-0.2, 0) is 11.3 Å². The molecule has 2 aromatic rings. The van der Waals surface area contributed by atoms with Gasteiger partial charge in [0, 0.05) is 63.3 Å². The number of anilines is 1. The molecular weight excluding hydrogens is 605 g/mol. The Morgan fingerprint density at radius 2 is 1.97 bits per heavy atom. The molecule has 3 rings (SSSR count). The van der Waals surface area contributed by atoms with Gasteiger partial charge in [-0.15, -0.1) is 0 Å². The second kappa shape index (κ2) is 9.06. The Balaban J connectivity index is 1.63. The van der Waals surface area contributed by atoms with Gasteiger partial charge in [-0.05, 0) is 49.9 Å². The molecular formula is C19H19FI2N4O3. The van der Waals surface area contributed by atoms with E-state index in [-0.39, 0.29) is 35.9 Å². The fourth-order valence-corrected chi connectivity index (χ4v) is 3.11. The molecule has 2 N–H and O–H groups in total. The van der Waals surface area contributed by atoms with Crippen LogP contribution in [0.5, 0.6) is 5.75 Å². The summed E-state index contributed by atoms with van der Waals surface area (Å²) in [5.41, 5.74) is 2.36. The first-order chi connectivity index (χ1) is 13.6. The normalized spacial score (nSPS) is 13.7. The standard InChI is InChI=1S/C19H19FI2N4O3/c1-10-7-12(3-6-15(10)29-19(20,21)22)9-23-17(28)14-8-11(2)24-18(25-14)26-16(27)13-4-5-13/h3,6-8,13H,4-5,9H2,1-2H3,(H,23,28)(H,24,25,26,27). The first kappa shape index (κ1) is 22.1. The van der Waals surface area contributed by atoms with Gasteiger partial charge in [-0.2, -0.15) is 4.39 Å². The molecule has 0 unspecified atom stereocenters. The molecule has 1 aliphatic carbocycles. The minimum Gasteiger partial charge on any atom is -0.442 e. The van der Waals surface area contributed by atoms with E-state index in [2.05, 4.69) is 20.6 Å². The van der Waals surface area contributed by atoms with Crippen LogP contribution in [-0.4, -0.2) is 23.7 Å². The number of rotatable bonds is 7. The van der Waals surface area contributed by atoms with Gasteiger partial charge in [0.15, 0.2) is 0 Å². The Labute approximate surface area is 194 Å². The zero-order valence-corrected chi connectivity index (χ0v) is 20.1. The molecule has 1 saturated carbocycles. The number of amides is 2. The lowest BCUT2D eigenvalue weighted by Gasteiger charge is -2.16. The number of nitrogens with zero attached hydrogens (tertiary/aromatic N) is 2. The molecule has 1 heterocycles. The van der Waals surface area contributed by atoms with Crippen LogP contribution in [0.15, 0.2) is 24.3 Å². The van der Waals surface area contributed by atoms with Crippen molar-refractivity contribution in [3.8, 4) is 5.75 Å². The first-order valence-electron chi connectivity index (χ1n) is 8.91. The molecule has 154 valence electrons. The average molecular weight is 624 g/mol. The number of aromatic nitrogens is 2. The lowest BCUT2D eigenvalue weighted by atomic mass is 10.1. The van der Waals surface area contributed by atoms with Crippen molar-refractivity contribution in [1.82, 2.24) is 15.3 Å². The van der Waals surface area contributed by atoms with Gasteiger partial charge in [0.1, 0.15) is 11.4 Å². The number of carbonyl (C=O) groups is 2. The molecule has 0 bridgehead atoms. The van der Waals surface area contributed by atoms with Crippen LogP contribution >= 0.6 is 45.2 Å². The number of carbonyl (C=O) groups excluding carboxylic acids is 2. The van der Waals surface area contributed by atoms with E-state index >= 15 is 0 Å². The second-order valence-corrected chi connectivity index (χ2v) is 11.7. The molecule has 10 heteroatoms. The first-order valence-corrected chi connectivity index (χ1v) is 11.1. The van der Waals surface area contributed by atoms with Crippen LogP contribution in [0.25, 0.3) is 0 Å². The van der Waals surface area contributed by atoms with Crippen molar-refractivity contribution < 1.29 is 18.7 Å².